The molecule has 0 saturated carbocycles. The maximum absolute atomic E-state index is 10.5. The topological polar surface area (TPSA) is 179 Å². The van der Waals surface area contributed by atoms with Crippen LogP contribution in [0, 0.1) is 0 Å². The van der Waals surface area contributed by atoms with Gasteiger partial charge in [0, 0.05) is 13.1 Å². The van der Waals surface area contributed by atoms with Crippen LogP contribution in [0.5, 0.6) is 11.5 Å². The molecule has 0 heterocycles. The second-order valence-corrected chi connectivity index (χ2v) is 4.34. The molecule has 8 heteroatoms. The van der Waals surface area contributed by atoms with Crippen LogP contribution in [0.15, 0.2) is 48.5 Å². The number of carbonyl (C=O) groups excluding carboxylic acids is 2. The van der Waals surface area contributed by atoms with Gasteiger partial charge in [0.05, 0.1) is 11.1 Å². The number of phenols is 2. The van der Waals surface area contributed by atoms with Gasteiger partial charge < -0.3 is 33.1 Å². The van der Waals surface area contributed by atoms with Crippen LogP contribution < -0.4 is 22.9 Å². The fraction of sp³-hybridized carbons (Fsp3) is 0.125. The summed E-state index contributed by atoms with van der Waals surface area (Å²) in [6, 6.07) is 12.3. The number of rotatable bonds is 3. The zero-order valence-corrected chi connectivity index (χ0v) is 13.1. The number of para-hydroxylation sites is 2. The molecule has 0 radical (unpaired) electrons. The highest BCUT2D eigenvalue weighted by Gasteiger charge is 2.04. The average molecular weight is 334 g/mol. The molecule has 24 heavy (non-hydrogen) atoms. The maximum atomic E-state index is 10.5. The van der Waals surface area contributed by atoms with Gasteiger partial charge in [0.2, 0.25) is 0 Å². The third-order valence-corrected chi connectivity index (χ3v) is 2.51. The Morgan fingerprint density at radius 2 is 1.00 bits per heavy atom. The number of hydrogen-bond acceptors (Lipinski definition) is 6. The largest absolute Gasteiger partial charge is 0.507 e. The molecular formula is C16H22N4O4. The normalized spacial score (nSPS) is 8.92. The average Bonchev–Trinajstić information content (AvgIpc) is 2.56. The molecule has 2 aromatic carbocycles. The number of hydrogen-bond donors (Lipinski definition) is 6. The molecule has 2 rings (SSSR count). The summed E-state index contributed by atoms with van der Waals surface area (Å²) in [6.07, 6.45) is 0. The van der Waals surface area contributed by atoms with Crippen molar-refractivity contribution in [2.45, 2.75) is 0 Å². The summed E-state index contributed by atoms with van der Waals surface area (Å²) < 4.78 is 0. The van der Waals surface area contributed by atoms with E-state index in [1.807, 2.05) is 0 Å². The summed E-state index contributed by atoms with van der Waals surface area (Å²) in [4.78, 5) is 21.0. The second-order valence-electron chi connectivity index (χ2n) is 4.34. The number of benzene rings is 2. The molecule has 0 spiro atoms. The number of aromatic hydroxyl groups is 2. The van der Waals surface area contributed by atoms with Gasteiger partial charge in [0.15, 0.2) is 0 Å². The zero-order chi connectivity index (χ0) is 18.5. The van der Waals surface area contributed by atoms with Crippen molar-refractivity contribution in [3.63, 3.8) is 0 Å². The Balaban J connectivity index is 0.000000363. The van der Waals surface area contributed by atoms with E-state index < -0.39 is 11.8 Å². The molecule has 0 aliphatic rings. The summed E-state index contributed by atoms with van der Waals surface area (Å²) in [5.74, 6) is -1.37. The van der Waals surface area contributed by atoms with E-state index in [1.165, 1.54) is 24.3 Å². The molecule has 130 valence electrons. The first-order valence-corrected chi connectivity index (χ1v) is 6.90. The molecule has 0 bridgehead atoms. The van der Waals surface area contributed by atoms with E-state index in [9.17, 15) is 9.59 Å². The van der Waals surface area contributed by atoms with Crippen LogP contribution in [-0.4, -0.2) is 35.1 Å². The van der Waals surface area contributed by atoms with Crippen LogP contribution in [0.4, 0.5) is 0 Å². The van der Waals surface area contributed by atoms with Crippen molar-refractivity contribution in [1.29, 1.82) is 0 Å². The molecular weight excluding hydrogens is 312 g/mol. The Morgan fingerprint density at radius 1 is 0.708 bits per heavy atom. The van der Waals surface area contributed by atoms with Crippen molar-refractivity contribution in [1.82, 2.24) is 0 Å². The first-order valence-electron chi connectivity index (χ1n) is 6.90. The van der Waals surface area contributed by atoms with Crippen LogP contribution in [-0.2, 0) is 0 Å². The van der Waals surface area contributed by atoms with Gasteiger partial charge in [-0.1, -0.05) is 24.3 Å². The van der Waals surface area contributed by atoms with E-state index >= 15 is 0 Å². The van der Waals surface area contributed by atoms with Crippen molar-refractivity contribution >= 4 is 11.8 Å². The van der Waals surface area contributed by atoms with E-state index in [0.717, 1.165) is 0 Å². The fourth-order valence-electron chi connectivity index (χ4n) is 1.36. The van der Waals surface area contributed by atoms with E-state index in [2.05, 4.69) is 0 Å². The predicted octanol–water partition coefficient (Wildman–Crippen LogP) is -0.114. The Morgan fingerprint density at radius 3 is 1.17 bits per heavy atom. The number of amides is 2. The summed E-state index contributed by atoms with van der Waals surface area (Å²) in [7, 11) is 0. The van der Waals surface area contributed by atoms with Gasteiger partial charge in [0.1, 0.15) is 11.5 Å². The van der Waals surface area contributed by atoms with E-state index in [1.54, 1.807) is 24.3 Å². The minimum atomic E-state index is -0.613. The summed E-state index contributed by atoms with van der Waals surface area (Å²) in [6.45, 7) is 1.19. The molecule has 0 fully saturated rings. The standard InChI is InChI=1S/2C7H7NO2.C2H8N2/c2*8-7(10)5-3-1-2-4-6(5)9;3-1-2-4/h2*1-4,9H,(H2,8,10);1-4H2. The van der Waals surface area contributed by atoms with Gasteiger partial charge in [-0.25, -0.2) is 0 Å². The molecule has 0 saturated heterocycles. The van der Waals surface area contributed by atoms with Crippen molar-refractivity contribution < 1.29 is 19.8 Å². The Bertz CT molecular complexity index is 605. The minimum absolute atomic E-state index is 0.0741. The Labute approximate surface area is 139 Å². The van der Waals surface area contributed by atoms with Crippen molar-refractivity contribution in [2.75, 3.05) is 13.1 Å². The monoisotopic (exact) mass is 334 g/mol. The molecule has 2 aromatic rings. The maximum Gasteiger partial charge on any atom is 0.252 e. The molecule has 8 nitrogen and oxygen atoms in total. The van der Waals surface area contributed by atoms with E-state index in [0.29, 0.717) is 13.1 Å². The Hall–Kier alpha value is -3.10. The van der Waals surface area contributed by atoms with Gasteiger partial charge in [-0.05, 0) is 24.3 Å². The molecule has 0 aromatic heterocycles. The summed E-state index contributed by atoms with van der Waals surface area (Å²) in [5.41, 5.74) is 19.9. The molecule has 0 atom stereocenters. The molecule has 0 aliphatic heterocycles. The van der Waals surface area contributed by atoms with Crippen molar-refractivity contribution in [3.05, 3.63) is 59.7 Å². The number of primary amides is 2. The van der Waals surface area contributed by atoms with E-state index in [4.69, 9.17) is 33.1 Å². The molecule has 10 N–H and O–H groups in total. The van der Waals surface area contributed by atoms with Crippen LogP contribution in [0.25, 0.3) is 0 Å². The van der Waals surface area contributed by atoms with E-state index in [-0.39, 0.29) is 22.6 Å². The van der Waals surface area contributed by atoms with Crippen LogP contribution >= 0.6 is 0 Å². The highest BCUT2D eigenvalue weighted by molar-refractivity contribution is 5.95. The van der Waals surface area contributed by atoms with Crippen LogP contribution in [0.3, 0.4) is 0 Å². The van der Waals surface area contributed by atoms with Crippen LogP contribution in [0.1, 0.15) is 20.7 Å². The van der Waals surface area contributed by atoms with Gasteiger partial charge in [-0.3, -0.25) is 9.59 Å². The lowest BCUT2D eigenvalue weighted by molar-refractivity contribution is 0.0989. The van der Waals surface area contributed by atoms with Crippen molar-refractivity contribution in [2.24, 2.45) is 22.9 Å². The Kier molecular flexibility index (Phi) is 9.98. The number of nitrogens with two attached hydrogens (primary N) is 4. The first kappa shape index (κ1) is 20.9. The SMILES string of the molecule is NC(=O)c1ccccc1O.NC(=O)c1ccccc1O.NCCN. The lowest BCUT2D eigenvalue weighted by Gasteiger charge is -1.96. The summed E-state index contributed by atoms with van der Waals surface area (Å²) in [5, 5.41) is 18.0. The highest BCUT2D eigenvalue weighted by Crippen LogP contribution is 2.14. The predicted molar refractivity (Wildman–Crippen MR) is 91.4 cm³/mol. The lowest BCUT2D eigenvalue weighted by atomic mass is 10.2. The first-order chi connectivity index (χ1) is 11.3. The van der Waals surface area contributed by atoms with Gasteiger partial charge in [-0.15, -0.1) is 0 Å². The van der Waals surface area contributed by atoms with Crippen molar-refractivity contribution in [3.8, 4) is 11.5 Å². The van der Waals surface area contributed by atoms with Gasteiger partial charge in [0.25, 0.3) is 11.8 Å². The van der Waals surface area contributed by atoms with Gasteiger partial charge in [-0.2, -0.15) is 0 Å². The molecule has 0 unspecified atom stereocenters. The third-order valence-electron chi connectivity index (χ3n) is 2.51. The van der Waals surface area contributed by atoms with Crippen LogP contribution in [0.2, 0.25) is 0 Å². The number of carbonyl (C=O) groups is 2. The highest BCUT2D eigenvalue weighted by atomic mass is 16.3. The molecule has 0 aliphatic carbocycles. The lowest BCUT2D eigenvalue weighted by Crippen LogP contribution is -2.11. The zero-order valence-electron chi connectivity index (χ0n) is 13.1. The fourth-order valence-corrected chi connectivity index (χ4v) is 1.36. The summed E-state index contributed by atoms with van der Waals surface area (Å²) >= 11 is 0. The minimum Gasteiger partial charge on any atom is -0.507 e. The van der Waals surface area contributed by atoms with Gasteiger partial charge >= 0.3 is 0 Å². The smallest absolute Gasteiger partial charge is 0.252 e. The second kappa shape index (κ2) is 11.5. The quantitative estimate of drug-likeness (QED) is 0.455. The molecule has 2 amide bonds. The third kappa shape index (κ3) is 7.78.